The Kier molecular flexibility index (Phi) is 2.99. The van der Waals surface area contributed by atoms with E-state index in [9.17, 15) is 9.46 Å². The molecule has 0 spiro atoms. The first-order valence-corrected chi connectivity index (χ1v) is 7.39. The predicted octanol–water partition coefficient (Wildman–Crippen LogP) is -0.691. The third-order valence-corrected chi connectivity index (χ3v) is 4.77. The first-order valence-electron chi connectivity index (χ1n) is 4.97. The van der Waals surface area contributed by atoms with Crippen LogP contribution in [0.1, 0.15) is 19.7 Å². The van der Waals surface area contributed by atoms with Gasteiger partial charge in [-0.05, 0) is 13.8 Å². The number of aryl methyl sites for hydroxylation is 1. The molecular weight excluding hydrogens is 263 g/mol. The number of hydrogen-bond donors (Lipinski definition) is 1. The summed E-state index contributed by atoms with van der Waals surface area (Å²) in [6.45, 7) is 5.01. The summed E-state index contributed by atoms with van der Waals surface area (Å²) in [5, 5.41) is 5.53. The van der Waals surface area contributed by atoms with Crippen LogP contribution in [0, 0.1) is 6.92 Å². The fraction of sp³-hybridized carbons (Fsp3) is 0.500. The molecule has 2 rings (SSSR count). The summed E-state index contributed by atoms with van der Waals surface area (Å²) in [5.41, 5.74) is 0.0264. The minimum atomic E-state index is -4.11. The first kappa shape index (κ1) is 12.5. The zero-order valence-corrected chi connectivity index (χ0v) is 11.4. The van der Waals surface area contributed by atoms with E-state index >= 15 is 0 Å². The van der Waals surface area contributed by atoms with Gasteiger partial charge in [0.05, 0.1) is 6.10 Å². The lowest BCUT2D eigenvalue weighted by atomic mass is 10.5. The Labute approximate surface area is 102 Å². The Bertz CT molecular complexity index is 605. The molecular formula is C8H13N4O3PS. The Morgan fingerprint density at radius 3 is 2.94 bits per heavy atom. The number of aromatic nitrogens is 3. The van der Waals surface area contributed by atoms with Crippen molar-refractivity contribution < 1.29 is 18.7 Å². The third kappa shape index (κ3) is 2.09. The maximum absolute atomic E-state index is 11.9. The van der Waals surface area contributed by atoms with Gasteiger partial charge in [-0.2, -0.15) is 0 Å². The smallest absolute Gasteiger partial charge is 0.346 e. The quantitative estimate of drug-likeness (QED) is 0.454. The molecule has 94 valence electrons. The number of nitrogen functional groups attached to an aromatic ring is 1. The van der Waals surface area contributed by atoms with Crippen molar-refractivity contribution in [3.05, 3.63) is 11.2 Å². The average Bonchev–Trinajstić information content (AvgIpc) is 2.68. The van der Waals surface area contributed by atoms with Crippen molar-refractivity contribution in [2.24, 2.45) is 0 Å². The van der Waals surface area contributed by atoms with Crippen LogP contribution in [0.2, 0.25) is 0 Å². The van der Waals surface area contributed by atoms with Crippen molar-refractivity contribution in [3.63, 3.8) is 0 Å². The van der Waals surface area contributed by atoms with Gasteiger partial charge in [0.15, 0.2) is 0 Å². The number of nitrogens with two attached hydrogens (primary N) is 1. The van der Waals surface area contributed by atoms with E-state index < -0.39 is 13.7 Å². The monoisotopic (exact) mass is 276 g/mol. The predicted molar refractivity (Wildman–Crippen MR) is 61.6 cm³/mol. The number of thiazole rings is 1. The molecule has 2 N–H and O–H groups in total. The molecule has 1 unspecified atom stereocenters. The molecule has 0 saturated carbocycles. The molecule has 2 heterocycles. The van der Waals surface area contributed by atoms with Gasteiger partial charge in [0, 0.05) is 17.4 Å². The molecule has 1 atom stereocenters. The largest absolute Gasteiger partial charge is 0.773 e. The Morgan fingerprint density at radius 1 is 1.71 bits per heavy atom. The van der Waals surface area contributed by atoms with Crippen LogP contribution in [0.3, 0.4) is 0 Å². The molecule has 0 saturated heterocycles. The molecule has 0 bridgehead atoms. The first-order chi connectivity index (χ1) is 7.83. The van der Waals surface area contributed by atoms with Gasteiger partial charge in [-0.1, -0.05) is 15.9 Å². The maximum Gasteiger partial charge on any atom is 0.346 e. The highest BCUT2D eigenvalue weighted by molar-refractivity contribution is 7.60. The van der Waals surface area contributed by atoms with Crippen LogP contribution in [0.4, 0.5) is 0 Å². The van der Waals surface area contributed by atoms with Crippen molar-refractivity contribution in [1.82, 2.24) is 9.61 Å². The van der Waals surface area contributed by atoms with E-state index in [-0.39, 0.29) is 5.44 Å². The minimum absolute atomic E-state index is 0.0264. The second kappa shape index (κ2) is 4.06. The second-order valence-corrected chi connectivity index (χ2v) is 6.36. The highest BCUT2D eigenvalue weighted by Crippen LogP contribution is 2.38. The lowest BCUT2D eigenvalue weighted by Crippen LogP contribution is -2.45. The molecule has 17 heavy (non-hydrogen) atoms. The highest BCUT2D eigenvalue weighted by atomic mass is 32.1. The molecule has 0 amide bonds. The number of rotatable bonds is 3. The van der Waals surface area contributed by atoms with E-state index in [0.29, 0.717) is 10.8 Å². The highest BCUT2D eigenvalue weighted by Gasteiger charge is 2.28. The summed E-state index contributed by atoms with van der Waals surface area (Å²) in [7, 11) is -4.11. The fourth-order valence-electron chi connectivity index (χ4n) is 1.40. The molecule has 0 aromatic carbocycles. The summed E-state index contributed by atoms with van der Waals surface area (Å²) in [6, 6.07) is 0. The van der Waals surface area contributed by atoms with Gasteiger partial charge in [0.1, 0.15) is 0 Å². The van der Waals surface area contributed by atoms with Crippen LogP contribution in [0.5, 0.6) is 0 Å². The molecule has 0 aliphatic carbocycles. The molecule has 0 radical (unpaired) electrons. The van der Waals surface area contributed by atoms with Gasteiger partial charge in [0.2, 0.25) is 13.0 Å². The molecule has 2 aromatic rings. The number of hydrogen-bond acceptors (Lipinski definition) is 6. The van der Waals surface area contributed by atoms with Crippen LogP contribution in [-0.2, 0) is 9.09 Å². The van der Waals surface area contributed by atoms with Gasteiger partial charge in [-0.3, -0.25) is 5.84 Å². The van der Waals surface area contributed by atoms with Gasteiger partial charge in [-0.25, -0.2) is 0 Å². The average molecular weight is 276 g/mol. The Hall–Kier alpha value is -0.950. The van der Waals surface area contributed by atoms with Gasteiger partial charge >= 0.3 is 4.96 Å². The number of fused-ring (bicyclic) bond motifs is 1. The molecule has 0 aliphatic rings. The Balaban J connectivity index is 2.56. The van der Waals surface area contributed by atoms with E-state index in [1.807, 2.05) is 0 Å². The van der Waals surface area contributed by atoms with Gasteiger partial charge < -0.3 is 14.0 Å². The summed E-state index contributed by atoms with van der Waals surface area (Å²) in [4.78, 5) is 12.5. The standard InChI is InChI=1S/C8H13N4O3PS/c1-5(2)15-16(13,14)7-4-17-8-11(9)6(3)10-12(7)8/h4-5H,9H2,1-3H3. The van der Waals surface area contributed by atoms with Gasteiger partial charge in [0.25, 0.3) is 5.82 Å². The molecule has 9 heteroatoms. The van der Waals surface area contributed by atoms with Crippen molar-refractivity contribution in [1.29, 1.82) is 0 Å². The van der Waals surface area contributed by atoms with E-state index in [1.54, 1.807) is 20.8 Å². The maximum atomic E-state index is 11.9. The summed E-state index contributed by atoms with van der Waals surface area (Å²) in [6.07, 6.45) is -0.407. The Morgan fingerprint density at radius 2 is 2.35 bits per heavy atom. The third-order valence-electron chi connectivity index (χ3n) is 2.10. The molecule has 7 nitrogen and oxygen atoms in total. The molecule has 0 fully saturated rings. The summed E-state index contributed by atoms with van der Waals surface area (Å²) in [5.74, 6) is 6.24. The SMILES string of the molecule is Cc1nn2c(P(=O)([O-])OC(C)C)csc2[n+]1N. The van der Waals surface area contributed by atoms with Crippen molar-refractivity contribution in [2.45, 2.75) is 26.9 Å². The normalized spacial score (nSPS) is 15.6. The topological polar surface area (TPSA) is 96.6 Å². The zero-order valence-electron chi connectivity index (χ0n) is 9.65. The van der Waals surface area contributed by atoms with Crippen molar-refractivity contribution in [3.8, 4) is 0 Å². The summed E-state index contributed by atoms with van der Waals surface area (Å²) >= 11 is 1.20. The number of nitrogens with zero attached hydrogens (tertiary/aromatic N) is 3. The zero-order chi connectivity index (χ0) is 12.8. The van der Waals surface area contributed by atoms with Crippen molar-refractivity contribution >= 4 is 29.3 Å². The van der Waals surface area contributed by atoms with Gasteiger partial charge in [-0.15, -0.1) is 4.68 Å². The molecule has 0 aliphatic heterocycles. The van der Waals surface area contributed by atoms with E-state index in [4.69, 9.17) is 10.4 Å². The lowest BCUT2D eigenvalue weighted by Gasteiger charge is -2.22. The second-order valence-electron chi connectivity index (χ2n) is 3.86. The lowest BCUT2D eigenvalue weighted by molar-refractivity contribution is -0.617. The van der Waals surface area contributed by atoms with Crippen LogP contribution in [0.15, 0.2) is 5.38 Å². The van der Waals surface area contributed by atoms with Crippen molar-refractivity contribution in [2.75, 3.05) is 5.84 Å². The minimum Gasteiger partial charge on any atom is -0.773 e. The van der Waals surface area contributed by atoms with Crippen LogP contribution in [-0.4, -0.2) is 15.7 Å². The van der Waals surface area contributed by atoms with Crippen LogP contribution in [0.25, 0.3) is 4.96 Å². The van der Waals surface area contributed by atoms with Crippen LogP contribution < -0.4 is 20.8 Å². The van der Waals surface area contributed by atoms with E-state index in [2.05, 4.69) is 5.10 Å². The molecule has 2 aromatic heterocycles. The van der Waals surface area contributed by atoms with E-state index in [0.717, 1.165) is 0 Å². The fourth-order valence-corrected chi connectivity index (χ4v) is 3.97. The summed E-state index contributed by atoms with van der Waals surface area (Å²) < 4.78 is 19.5. The van der Waals surface area contributed by atoms with E-state index in [1.165, 1.54) is 25.9 Å². The van der Waals surface area contributed by atoms with Crippen LogP contribution >= 0.6 is 18.9 Å².